The van der Waals surface area contributed by atoms with Gasteiger partial charge in [-0.15, -0.1) is 0 Å². The molecule has 15 heavy (non-hydrogen) atoms. The van der Waals surface area contributed by atoms with Crippen LogP contribution in [-0.2, 0) is 17.8 Å². The molecule has 0 aliphatic carbocycles. The van der Waals surface area contributed by atoms with E-state index < -0.39 is 11.6 Å². The second-order valence-corrected chi connectivity index (χ2v) is 3.67. The molecule has 0 saturated heterocycles. The molecule has 0 aliphatic rings. The monoisotopic (exact) mass is 215 g/mol. The van der Waals surface area contributed by atoms with Gasteiger partial charge in [0.25, 0.3) is 0 Å². The summed E-state index contributed by atoms with van der Waals surface area (Å²) in [5, 5.41) is 0. The minimum Gasteiger partial charge on any atom is -0.380 e. The van der Waals surface area contributed by atoms with Crippen LogP contribution in [0.15, 0.2) is 12.1 Å². The van der Waals surface area contributed by atoms with E-state index in [0.29, 0.717) is 17.5 Å². The van der Waals surface area contributed by atoms with E-state index in [1.165, 1.54) is 7.11 Å². The number of benzene rings is 1. The van der Waals surface area contributed by atoms with E-state index in [2.05, 4.69) is 0 Å². The Labute approximate surface area is 88.0 Å². The smallest absolute Gasteiger partial charge is 0.162 e. The predicted octanol–water partition coefficient (Wildman–Crippen LogP) is 2.00. The second-order valence-electron chi connectivity index (χ2n) is 3.67. The van der Waals surface area contributed by atoms with Gasteiger partial charge in [-0.05, 0) is 30.5 Å². The Morgan fingerprint density at radius 3 is 2.60 bits per heavy atom. The molecule has 0 radical (unpaired) electrons. The molecule has 0 amide bonds. The first-order chi connectivity index (χ1) is 7.04. The maximum absolute atomic E-state index is 13.3. The molecule has 0 aliphatic heterocycles. The average Bonchev–Trinajstić information content (AvgIpc) is 2.13. The first-order valence-electron chi connectivity index (χ1n) is 4.76. The molecule has 0 spiro atoms. The van der Waals surface area contributed by atoms with Gasteiger partial charge in [0.2, 0.25) is 0 Å². The van der Waals surface area contributed by atoms with E-state index >= 15 is 0 Å². The highest BCUT2D eigenvalue weighted by atomic mass is 19.2. The Morgan fingerprint density at radius 1 is 1.40 bits per heavy atom. The van der Waals surface area contributed by atoms with Crippen LogP contribution in [0.3, 0.4) is 0 Å². The van der Waals surface area contributed by atoms with Gasteiger partial charge >= 0.3 is 0 Å². The van der Waals surface area contributed by atoms with Crippen molar-refractivity contribution in [3.63, 3.8) is 0 Å². The third-order valence-electron chi connectivity index (χ3n) is 2.02. The molecule has 1 rings (SSSR count). The lowest BCUT2D eigenvalue weighted by Crippen LogP contribution is -2.19. The van der Waals surface area contributed by atoms with Gasteiger partial charge in [0.15, 0.2) is 11.6 Å². The summed E-state index contributed by atoms with van der Waals surface area (Å²) in [4.78, 5) is 0. The van der Waals surface area contributed by atoms with E-state index in [1.54, 1.807) is 13.0 Å². The normalized spacial score (nSPS) is 12.9. The topological polar surface area (TPSA) is 35.2 Å². The van der Waals surface area contributed by atoms with Crippen molar-refractivity contribution >= 4 is 0 Å². The molecule has 0 fully saturated rings. The van der Waals surface area contributed by atoms with E-state index in [0.717, 1.165) is 6.07 Å². The van der Waals surface area contributed by atoms with E-state index in [4.69, 9.17) is 10.5 Å². The fraction of sp³-hybridized carbons (Fsp3) is 0.455. The minimum atomic E-state index is -0.847. The first-order valence-corrected chi connectivity index (χ1v) is 4.76. The van der Waals surface area contributed by atoms with Gasteiger partial charge in [0, 0.05) is 13.2 Å². The maximum Gasteiger partial charge on any atom is 0.162 e. The van der Waals surface area contributed by atoms with Crippen molar-refractivity contribution < 1.29 is 13.5 Å². The number of hydrogen-bond donors (Lipinski definition) is 1. The van der Waals surface area contributed by atoms with Gasteiger partial charge in [-0.25, -0.2) is 8.78 Å². The second kappa shape index (κ2) is 5.19. The molecule has 84 valence electrons. The van der Waals surface area contributed by atoms with Crippen LogP contribution in [0.25, 0.3) is 0 Å². The third kappa shape index (κ3) is 3.25. The van der Waals surface area contributed by atoms with Crippen LogP contribution in [0.4, 0.5) is 8.78 Å². The summed E-state index contributed by atoms with van der Waals surface area (Å²) in [7, 11) is 1.51. The molecule has 1 unspecified atom stereocenters. The lowest BCUT2D eigenvalue weighted by molar-refractivity contribution is 0.184. The highest BCUT2D eigenvalue weighted by molar-refractivity contribution is 5.26. The number of ether oxygens (including phenoxy) is 1. The Balaban J connectivity index is 3.01. The molecular formula is C11H15F2NO. The number of hydrogen-bond acceptors (Lipinski definition) is 2. The molecule has 2 nitrogen and oxygen atoms in total. The van der Waals surface area contributed by atoms with Crippen LogP contribution in [0.2, 0.25) is 0 Å². The number of rotatable bonds is 4. The van der Waals surface area contributed by atoms with E-state index in [9.17, 15) is 8.78 Å². The number of methoxy groups -OCH3 is 1. The summed E-state index contributed by atoms with van der Waals surface area (Å²) in [6, 6.07) is 2.53. The molecule has 4 heteroatoms. The van der Waals surface area contributed by atoms with Gasteiger partial charge in [0.1, 0.15) is 0 Å². The summed E-state index contributed by atoms with van der Waals surface area (Å²) in [6.45, 7) is 2.02. The van der Waals surface area contributed by atoms with Crippen LogP contribution in [0, 0.1) is 11.6 Å². The molecule has 0 heterocycles. The van der Waals surface area contributed by atoms with Crippen molar-refractivity contribution in [2.75, 3.05) is 7.11 Å². The van der Waals surface area contributed by atoms with E-state index in [-0.39, 0.29) is 12.6 Å². The van der Waals surface area contributed by atoms with Crippen molar-refractivity contribution in [1.82, 2.24) is 0 Å². The molecule has 1 aromatic carbocycles. The molecule has 0 aromatic heterocycles. The Hall–Kier alpha value is -1.00. The van der Waals surface area contributed by atoms with Gasteiger partial charge in [-0.1, -0.05) is 6.07 Å². The average molecular weight is 215 g/mol. The van der Waals surface area contributed by atoms with Crippen LogP contribution < -0.4 is 5.73 Å². The first kappa shape index (κ1) is 12.1. The van der Waals surface area contributed by atoms with Gasteiger partial charge in [0.05, 0.1) is 6.61 Å². The third-order valence-corrected chi connectivity index (χ3v) is 2.02. The van der Waals surface area contributed by atoms with E-state index in [1.807, 2.05) is 0 Å². The zero-order valence-electron chi connectivity index (χ0n) is 8.89. The summed E-state index contributed by atoms with van der Waals surface area (Å²) >= 11 is 0. The van der Waals surface area contributed by atoms with Crippen molar-refractivity contribution in [3.8, 4) is 0 Å². The zero-order chi connectivity index (χ0) is 11.4. The SMILES string of the molecule is COCc1cc(F)c(F)c(CC(C)N)c1. The number of nitrogens with two attached hydrogens (primary N) is 1. The molecule has 0 bridgehead atoms. The van der Waals surface area contributed by atoms with Gasteiger partial charge < -0.3 is 10.5 Å². The lowest BCUT2D eigenvalue weighted by atomic mass is 10.0. The van der Waals surface area contributed by atoms with Crippen molar-refractivity contribution in [1.29, 1.82) is 0 Å². The van der Waals surface area contributed by atoms with Crippen LogP contribution in [0.1, 0.15) is 18.1 Å². The van der Waals surface area contributed by atoms with Gasteiger partial charge in [-0.3, -0.25) is 0 Å². The molecule has 1 atom stereocenters. The molecular weight excluding hydrogens is 200 g/mol. The zero-order valence-corrected chi connectivity index (χ0v) is 8.89. The van der Waals surface area contributed by atoms with Crippen molar-refractivity contribution in [2.24, 2.45) is 5.73 Å². The van der Waals surface area contributed by atoms with Crippen molar-refractivity contribution in [2.45, 2.75) is 26.0 Å². The summed E-state index contributed by atoms with van der Waals surface area (Å²) in [6.07, 6.45) is 0.320. The maximum atomic E-state index is 13.3. The summed E-state index contributed by atoms with van der Waals surface area (Å²) in [5.74, 6) is -1.66. The Kier molecular flexibility index (Phi) is 4.17. The minimum absolute atomic E-state index is 0.198. The Bertz CT molecular complexity index is 340. The summed E-state index contributed by atoms with van der Waals surface area (Å²) in [5.41, 5.74) is 6.47. The highest BCUT2D eigenvalue weighted by Crippen LogP contribution is 2.17. The fourth-order valence-electron chi connectivity index (χ4n) is 1.45. The fourth-order valence-corrected chi connectivity index (χ4v) is 1.45. The standard InChI is InChI=1S/C11H15F2NO/c1-7(14)3-9-4-8(6-15-2)5-10(12)11(9)13/h4-5,7H,3,6,14H2,1-2H3. The molecule has 2 N–H and O–H groups in total. The number of halogens is 2. The predicted molar refractivity (Wildman–Crippen MR) is 54.4 cm³/mol. The summed E-state index contributed by atoms with van der Waals surface area (Å²) < 4.78 is 31.3. The highest BCUT2D eigenvalue weighted by Gasteiger charge is 2.11. The van der Waals surface area contributed by atoms with Crippen LogP contribution in [0.5, 0.6) is 0 Å². The van der Waals surface area contributed by atoms with Crippen LogP contribution in [-0.4, -0.2) is 13.2 Å². The van der Waals surface area contributed by atoms with Crippen LogP contribution >= 0.6 is 0 Å². The molecule has 0 saturated carbocycles. The Morgan fingerprint density at radius 2 is 2.07 bits per heavy atom. The van der Waals surface area contributed by atoms with Crippen molar-refractivity contribution in [3.05, 3.63) is 34.9 Å². The van der Waals surface area contributed by atoms with Gasteiger partial charge in [-0.2, -0.15) is 0 Å². The molecule has 1 aromatic rings. The lowest BCUT2D eigenvalue weighted by Gasteiger charge is -2.09. The quantitative estimate of drug-likeness (QED) is 0.833. The largest absolute Gasteiger partial charge is 0.380 e.